The summed E-state index contributed by atoms with van der Waals surface area (Å²) in [5.41, 5.74) is 2.17. The van der Waals surface area contributed by atoms with Crippen molar-refractivity contribution in [2.24, 2.45) is 0 Å². The highest BCUT2D eigenvalue weighted by Crippen LogP contribution is 2.35. The van der Waals surface area contributed by atoms with Crippen molar-refractivity contribution >= 4 is 51.7 Å². The Morgan fingerprint density at radius 1 is 1.17 bits per heavy atom. The van der Waals surface area contributed by atoms with Crippen LogP contribution in [0.15, 0.2) is 53.4 Å². The van der Waals surface area contributed by atoms with Crippen molar-refractivity contribution in [3.63, 3.8) is 0 Å². The number of thiocarbonyl (C=S) groups is 1. The van der Waals surface area contributed by atoms with E-state index in [0.29, 0.717) is 53.3 Å². The highest BCUT2D eigenvalue weighted by atomic mass is 32.2. The molecule has 2 aromatic rings. The van der Waals surface area contributed by atoms with Crippen molar-refractivity contribution in [1.82, 2.24) is 4.90 Å². The van der Waals surface area contributed by atoms with Crippen LogP contribution in [0.3, 0.4) is 0 Å². The van der Waals surface area contributed by atoms with Gasteiger partial charge in [0.25, 0.3) is 11.6 Å². The summed E-state index contributed by atoms with van der Waals surface area (Å²) in [5.74, 6) is -0.186. The second-order valence-corrected chi connectivity index (χ2v) is 8.53. The minimum atomic E-state index is -0.386. The lowest BCUT2D eigenvalue weighted by molar-refractivity contribution is -0.384. The number of rotatable bonds is 5. The Hall–Kier alpha value is -2.75. The average molecular weight is 442 g/mol. The predicted octanol–water partition coefficient (Wildman–Crippen LogP) is 3.83. The molecule has 0 aliphatic carbocycles. The molecule has 2 aliphatic heterocycles. The van der Waals surface area contributed by atoms with Gasteiger partial charge >= 0.3 is 0 Å². The number of carbonyl (C=O) groups excluding carboxylic acids is 1. The molecular weight excluding hydrogens is 422 g/mol. The molecule has 2 saturated heterocycles. The number of nitro groups is 1. The third-order valence-corrected chi connectivity index (χ3v) is 6.28. The maximum atomic E-state index is 12.9. The van der Waals surface area contributed by atoms with Crippen LogP contribution in [0.2, 0.25) is 0 Å². The first-order valence-corrected chi connectivity index (χ1v) is 10.7. The van der Waals surface area contributed by atoms with Crippen LogP contribution in [0.4, 0.5) is 11.4 Å². The number of morpholine rings is 1. The van der Waals surface area contributed by atoms with E-state index in [2.05, 4.69) is 0 Å². The Labute approximate surface area is 183 Å². The van der Waals surface area contributed by atoms with Gasteiger partial charge in [-0.05, 0) is 23.3 Å². The summed E-state index contributed by atoms with van der Waals surface area (Å²) in [4.78, 5) is 28.1. The zero-order chi connectivity index (χ0) is 21.1. The largest absolute Gasteiger partial charge is 0.378 e. The van der Waals surface area contributed by atoms with E-state index in [1.807, 2.05) is 35.2 Å². The van der Waals surface area contributed by atoms with Crippen LogP contribution in [0.25, 0.3) is 6.08 Å². The molecule has 0 saturated carbocycles. The predicted molar refractivity (Wildman–Crippen MR) is 121 cm³/mol. The number of carbonyl (C=O) groups is 1. The van der Waals surface area contributed by atoms with Crippen LogP contribution >= 0.6 is 24.0 Å². The van der Waals surface area contributed by atoms with Gasteiger partial charge in [0.05, 0.1) is 29.6 Å². The fourth-order valence-electron chi connectivity index (χ4n) is 3.40. The summed E-state index contributed by atoms with van der Waals surface area (Å²) in [7, 11) is 0. The van der Waals surface area contributed by atoms with Gasteiger partial charge in [-0.3, -0.25) is 19.8 Å². The molecule has 7 nitrogen and oxygen atoms in total. The molecule has 2 aromatic carbocycles. The number of thioether (sulfide) groups is 1. The first-order valence-electron chi connectivity index (χ1n) is 9.43. The minimum absolute atomic E-state index is 0.0189. The lowest BCUT2D eigenvalue weighted by atomic mass is 10.1. The van der Waals surface area contributed by atoms with Gasteiger partial charge in [-0.15, -0.1) is 0 Å². The molecule has 0 aromatic heterocycles. The molecule has 2 fully saturated rings. The summed E-state index contributed by atoms with van der Waals surface area (Å²) in [6.07, 6.45) is 1.67. The van der Waals surface area contributed by atoms with Crippen molar-refractivity contribution < 1.29 is 14.5 Å². The molecule has 2 heterocycles. The summed E-state index contributed by atoms with van der Waals surface area (Å²) >= 11 is 6.60. The first kappa shape index (κ1) is 20.5. The molecule has 0 bridgehead atoms. The second kappa shape index (κ2) is 8.95. The van der Waals surface area contributed by atoms with Crippen molar-refractivity contribution in [2.45, 2.75) is 6.54 Å². The van der Waals surface area contributed by atoms with Gasteiger partial charge in [0, 0.05) is 19.2 Å². The number of hydrogen-bond acceptors (Lipinski definition) is 7. The zero-order valence-electron chi connectivity index (χ0n) is 16.0. The van der Waals surface area contributed by atoms with Gasteiger partial charge in [0.15, 0.2) is 0 Å². The summed E-state index contributed by atoms with van der Waals surface area (Å²) < 4.78 is 5.81. The highest BCUT2D eigenvalue weighted by Gasteiger charge is 2.32. The Morgan fingerprint density at radius 2 is 1.90 bits per heavy atom. The quantitative estimate of drug-likeness (QED) is 0.302. The van der Waals surface area contributed by atoms with Crippen molar-refractivity contribution in [2.75, 3.05) is 31.2 Å². The lowest BCUT2D eigenvalue weighted by Gasteiger charge is -2.28. The van der Waals surface area contributed by atoms with Gasteiger partial charge in [0.1, 0.15) is 10.0 Å². The molecule has 0 spiro atoms. The van der Waals surface area contributed by atoms with Crippen LogP contribution in [0.5, 0.6) is 0 Å². The molecule has 4 rings (SSSR count). The van der Waals surface area contributed by atoms with Crippen molar-refractivity contribution in [3.8, 4) is 0 Å². The molecule has 0 atom stereocenters. The third kappa shape index (κ3) is 4.38. The number of anilines is 1. The maximum Gasteiger partial charge on any atom is 0.293 e. The van der Waals surface area contributed by atoms with Gasteiger partial charge in [-0.2, -0.15) is 0 Å². The summed E-state index contributed by atoms with van der Waals surface area (Å²) in [6, 6.07) is 14.7. The van der Waals surface area contributed by atoms with Gasteiger partial charge < -0.3 is 9.64 Å². The SMILES string of the molecule is O=C1/C(=C/c2ccc(N3CCOCC3)c([N+](=O)[O-])c2)SC(=S)N1Cc1ccccc1. The standard InChI is InChI=1S/C21H19N3O4S2/c25-20-19(30-21(29)23(20)14-15-4-2-1-3-5-15)13-16-6-7-17(18(12-16)24(26)27)22-8-10-28-11-9-22/h1-7,12-13H,8-11,14H2/b19-13-. The van der Waals surface area contributed by atoms with Crippen molar-refractivity contribution in [1.29, 1.82) is 0 Å². The topological polar surface area (TPSA) is 75.9 Å². The zero-order valence-corrected chi connectivity index (χ0v) is 17.7. The molecule has 2 aliphatic rings. The maximum absolute atomic E-state index is 12.9. The van der Waals surface area contributed by atoms with E-state index in [-0.39, 0.29) is 16.5 Å². The van der Waals surface area contributed by atoms with E-state index >= 15 is 0 Å². The summed E-state index contributed by atoms with van der Waals surface area (Å²) in [5, 5.41) is 11.7. The van der Waals surface area contributed by atoms with Crippen molar-refractivity contribution in [3.05, 3.63) is 74.7 Å². The average Bonchev–Trinajstić information content (AvgIpc) is 3.02. The number of ether oxygens (including phenoxy) is 1. The number of nitrogens with zero attached hydrogens (tertiary/aromatic N) is 3. The molecule has 30 heavy (non-hydrogen) atoms. The third-order valence-electron chi connectivity index (χ3n) is 4.90. The number of nitro benzene ring substituents is 1. The van der Waals surface area contributed by atoms with Gasteiger partial charge in [-0.1, -0.05) is 60.4 Å². The number of benzene rings is 2. The molecule has 154 valence electrons. The first-order chi connectivity index (χ1) is 14.5. The monoisotopic (exact) mass is 441 g/mol. The number of amides is 1. The molecule has 9 heteroatoms. The molecule has 0 unspecified atom stereocenters. The van der Waals surface area contributed by atoms with E-state index in [0.717, 1.165) is 5.56 Å². The summed E-state index contributed by atoms with van der Waals surface area (Å²) in [6.45, 7) is 2.71. The van der Waals surface area contributed by atoms with Crippen LogP contribution in [-0.2, 0) is 16.1 Å². The molecule has 0 radical (unpaired) electrons. The van der Waals surface area contributed by atoms with Crippen LogP contribution < -0.4 is 4.90 Å². The van der Waals surface area contributed by atoms with Crippen LogP contribution in [0, 0.1) is 10.1 Å². The van der Waals surface area contributed by atoms with Crippen LogP contribution in [0.1, 0.15) is 11.1 Å². The Bertz CT molecular complexity index is 1020. The second-order valence-electron chi connectivity index (χ2n) is 6.86. The van der Waals surface area contributed by atoms with E-state index in [1.54, 1.807) is 23.1 Å². The van der Waals surface area contributed by atoms with E-state index in [4.69, 9.17) is 17.0 Å². The smallest absolute Gasteiger partial charge is 0.293 e. The molecular formula is C21H19N3O4S2. The Morgan fingerprint density at radius 3 is 2.60 bits per heavy atom. The minimum Gasteiger partial charge on any atom is -0.378 e. The Balaban J connectivity index is 1.58. The van der Waals surface area contributed by atoms with E-state index in [9.17, 15) is 14.9 Å². The van der Waals surface area contributed by atoms with Gasteiger partial charge in [0.2, 0.25) is 0 Å². The van der Waals surface area contributed by atoms with E-state index in [1.165, 1.54) is 17.8 Å². The lowest BCUT2D eigenvalue weighted by Crippen LogP contribution is -2.36. The normalized spacial score (nSPS) is 18.3. The molecule has 0 N–H and O–H groups in total. The Kier molecular flexibility index (Phi) is 6.12. The van der Waals surface area contributed by atoms with Crippen LogP contribution in [-0.4, -0.2) is 46.4 Å². The van der Waals surface area contributed by atoms with E-state index < -0.39 is 0 Å². The van der Waals surface area contributed by atoms with Gasteiger partial charge in [-0.25, -0.2) is 0 Å². The number of hydrogen-bond donors (Lipinski definition) is 0. The fourth-order valence-corrected chi connectivity index (χ4v) is 4.66. The fraction of sp³-hybridized carbons (Fsp3) is 0.238. The highest BCUT2D eigenvalue weighted by molar-refractivity contribution is 8.26. The molecule has 1 amide bonds.